The van der Waals surface area contributed by atoms with Crippen LogP contribution in [0.15, 0.2) is 59.9 Å². The molecule has 9 heteroatoms. The summed E-state index contributed by atoms with van der Waals surface area (Å²) < 4.78 is 25.6. The number of benzene rings is 1. The number of hydrogen-bond donors (Lipinski definition) is 2. The van der Waals surface area contributed by atoms with Gasteiger partial charge < -0.3 is 10.6 Å². The highest BCUT2D eigenvalue weighted by atomic mass is 32.2. The van der Waals surface area contributed by atoms with Crippen molar-refractivity contribution in [3.63, 3.8) is 0 Å². The minimum absolute atomic E-state index is 0.0340. The van der Waals surface area contributed by atoms with Gasteiger partial charge in [0.1, 0.15) is 6.04 Å². The van der Waals surface area contributed by atoms with Crippen LogP contribution >= 0.6 is 0 Å². The highest BCUT2D eigenvalue weighted by molar-refractivity contribution is 7.90. The summed E-state index contributed by atoms with van der Waals surface area (Å²) in [4.78, 5) is 29.9. The van der Waals surface area contributed by atoms with Crippen LogP contribution in [0.4, 0.5) is 0 Å². The van der Waals surface area contributed by atoms with E-state index in [4.69, 9.17) is 0 Å². The van der Waals surface area contributed by atoms with Gasteiger partial charge in [-0.05, 0) is 30.5 Å². The summed E-state index contributed by atoms with van der Waals surface area (Å²) in [5, 5.41) is 5.46. The van der Waals surface area contributed by atoms with Crippen LogP contribution in [0.25, 0.3) is 5.52 Å². The summed E-state index contributed by atoms with van der Waals surface area (Å²) in [5.74, 6) is -0.859. The predicted molar refractivity (Wildman–Crippen MR) is 111 cm³/mol. The number of aromatic nitrogens is 2. The summed E-state index contributed by atoms with van der Waals surface area (Å²) in [6, 6.07) is 13.7. The van der Waals surface area contributed by atoms with Gasteiger partial charge in [0.25, 0.3) is 5.91 Å². The first kappa shape index (κ1) is 20.1. The molecule has 30 heavy (non-hydrogen) atoms. The minimum atomic E-state index is -3.65. The quantitative estimate of drug-likeness (QED) is 0.593. The molecule has 1 aliphatic rings. The smallest absolute Gasteiger partial charge is 0.272 e. The molecule has 1 unspecified atom stereocenters. The zero-order valence-corrected chi connectivity index (χ0v) is 17.2. The Balaban J connectivity index is 1.64. The Hall–Kier alpha value is -3.20. The molecule has 4 rings (SSSR count). The maximum Gasteiger partial charge on any atom is 0.272 e. The molecule has 1 atom stereocenters. The average molecular weight is 426 g/mol. The zero-order chi connectivity index (χ0) is 21.3. The van der Waals surface area contributed by atoms with Crippen LogP contribution in [0.5, 0.6) is 0 Å². The molecule has 0 bridgehead atoms. The second-order valence-corrected chi connectivity index (χ2v) is 9.38. The lowest BCUT2D eigenvalue weighted by atomic mass is 10.0. The molecule has 8 nitrogen and oxygen atoms in total. The topological polar surface area (TPSA) is 110 Å². The Morgan fingerprint density at radius 1 is 1.13 bits per heavy atom. The third-order valence-electron chi connectivity index (χ3n) is 4.89. The fourth-order valence-corrected chi connectivity index (χ4v) is 4.03. The van der Waals surface area contributed by atoms with Gasteiger partial charge in [-0.1, -0.05) is 36.4 Å². The Labute approximate surface area is 174 Å². The molecular weight excluding hydrogens is 404 g/mol. The van der Waals surface area contributed by atoms with Crippen LogP contribution in [0.1, 0.15) is 28.9 Å². The molecule has 156 valence electrons. The second-order valence-electron chi connectivity index (χ2n) is 7.47. The fourth-order valence-electron chi connectivity index (χ4n) is 3.25. The number of imidazole rings is 1. The van der Waals surface area contributed by atoms with Gasteiger partial charge in [0, 0.05) is 24.9 Å². The number of nitrogens with zero attached hydrogens (tertiary/aromatic N) is 2. The molecule has 2 aromatic heterocycles. The molecule has 2 N–H and O–H groups in total. The number of pyridine rings is 1. The fraction of sp³-hybridized carbons (Fsp3) is 0.286. The van der Waals surface area contributed by atoms with Gasteiger partial charge in [0.2, 0.25) is 20.9 Å². The van der Waals surface area contributed by atoms with Gasteiger partial charge in [0.05, 0.1) is 5.52 Å². The van der Waals surface area contributed by atoms with Crippen molar-refractivity contribution in [2.24, 2.45) is 0 Å². The Morgan fingerprint density at radius 3 is 2.50 bits per heavy atom. The molecule has 2 heterocycles. The number of amides is 2. The lowest BCUT2D eigenvalue weighted by molar-refractivity contribution is -0.123. The molecule has 1 aliphatic carbocycles. The molecule has 3 aromatic rings. The maximum atomic E-state index is 13.0. The van der Waals surface area contributed by atoms with Gasteiger partial charge >= 0.3 is 0 Å². The van der Waals surface area contributed by atoms with Crippen molar-refractivity contribution < 1.29 is 18.0 Å². The first-order valence-electron chi connectivity index (χ1n) is 9.65. The van der Waals surface area contributed by atoms with Crippen LogP contribution in [-0.4, -0.2) is 48.0 Å². The van der Waals surface area contributed by atoms with Gasteiger partial charge in [-0.15, -0.1) is 0 Å². The van der Waals surface area contributed by atoms with E-state index < -0.39 is 21.8 Å². The van der Waals surface area contributed by atoms with E-state index in [2.05, 4.69) is 15.6 Å². The summed E-state index contributed by atoms with van der Waals surface area (Å²) in [6.07, 6.45) is 4.76. The van der Waals surface area contributed by atoms with Crippen molar-refractivity contribution in [2.75, 3.05) is 6.26 Å². The van der Waals surface area contributed by atoms with E-state index in [0.29, 0.717) is 11.9 Å². The maximum absolute atomic E-state index is 13.0. The summed E-state index contributed by atoms with van der Waals surface area (Å²) in [7, 11) is -3.65. The van der Waals surface area contributed by atoms with Crippen molar-refractivity contribution in [1.29, 1.82) is 0 Å². The molecule has 2 amide bonds. The Kier molecular flexibility index (Phi) is 5.29. The molecule has 1 saturated carbocycles. The Bertz CT molecular complexity index is 1200. The first-order valence-corrected chi connectivity index (χ1v) is 11.5. The van der Waals surface area contributed by atoms with Crippen LogP contribution in [0.3, 0.4) is 0 Å². The second kappa shape index (κ2) is 7.91. The summed E-state index contributed by atoms with van der Waals surface area (Å²) >= 11 is 0. The third kappa shape index (κ3) is 4.35. The van der Waals surface area contributed by atoms with Gasteiger partial charge in [-0.2, -0.15) is 0 Å². The molecule has 0 aliphatic heterocycles. The molecule has 1 fully saturated rings. The highest BCUT2D eigenvalue weighted by Gasteiger charge is 2.30. The normalized spacial score (nSPS) is 15.0. The average Bonchev–Trinajstić information content (AvgIpc) is 3.43. The van der Waals surface area contributed by atoms with E-state index in [1.807, 2.05) is 30.3 Å². The SMILES string of the molecule is CS(=O)(=O)c1nc(C(=O)NC(Cc2ccccc2)C(=O)NC2CC2)c2ccccn12. The van der Waals surface area contributed by atoms with Crippen molar-refractivity contribution in [3.05, 3.63) is 66.0 Å². The number of nitrogens with one attached hydrogen (secondary N) is 2. The van der Waals surface area contributed by atoms with Crippen LogP contribution in [-0.2, 0) is 21.1 Å². The largest absolute Gasteiger partial charge is 0.352 e. The van der Waals surface area contributed by atoms with E-state index >= 15 is 0 Å². The summed E-state index contributed by atoms with van der Waals surface area (Å²) in [6.45, 7) is 0. The zero-order valence-electron chi connectivity index (χ0n) is 16.4. The van der Waals surface area contributed by atoms with Crippen LogP contribution in [0.2, 0.25) is 0 Å². The molecule has 0 saturated heterocycles. The molecule has 0 spiro atoms. The van der Waals surface area contributed by atoms with Gasteiger partial charge in [-0.25, -0.2) is 13.4 Å². The molecule has 1 aromatic carbocycles. The number of carbonyl (C=O) groups excluding carboxylic acids is 2. The standard InChI is InChI=1S/C21H22N4O4S/c1-30(28,29)21-24-18(17-9-5-6-12-25(17)21)20(27)23-16(19(26)22-15-10-11-15)13-14-7-3-2-4-8-14/h2-9,12,15-16H,10-11,13H2,1H3,(H,22,26)(H,23,27). The van der Waals surface area contributed by atoms with Gasteiger partial charge in [0.15, 0.2) is 5.69 Å². The van der Waals surface area contributed by atoms with Crippen molar-refractivity contribution in [2.45, 2.75) is 36.5 Å². The number of sulfone groups is 1. The van der Waals surface area contributed by atoms with Crippen molar-refractivity contribution in [1.82, 2.24) is 20.0 Å². The van der Waals surface area contributed by atoms with E-state index in [1.54, 1.807) is 18.2 Å². The highest BCUT2D eigenvalue weighted by Crippen LogP contribution is 2.20. The third-order valence-corrected chi connectivity index (χ3v) is 5.84. The lowest BCUT2D eigenvalue weighted by Crippen LogP contribution is -2.48. The predicted octanol–water partition coefficient (Wildman–Crippen LogP) is 1.36. The van der Waals surface area contributed by atoms with E-state index in [9.17, 15) is 18.0 Å². The van der Waals surface area contributed by atoms with Crippen LogP contribution in [0, 0.1) is 0 Å². The number of hydrogen-bond acceptors (Lipinski definition) is 5. The van der Waals surface area contributed by atoms with E-state index in [1.165, 1.54) is 10.6 Å². The van der Waals surface area contributed by atoms with Crippen molar-refractivity contribution >= 4 is 27.2 Å². The molecular formula is C21H22N4O4S. The van der Waals surface area contributed by atoms with E-state index in [-0.39, 0.29) is 22.8 Å². The lowest BCUT2D eigenvalue weighted by Gasteiger charge is -2.18. The minimum Gasteiger partial charge on any atom is -0.352 e. The monoisotopic (exact) mass is 426 g/mol. The first-order chi connectivity index (χ1) is 14.3. The van der Waals surface area contributed by atoms with Crippen molar-refractivity contribution in [3.8, 4) is 0 Å². The van der Waals surface area contributed by atoms with E-state index in [0.717, 1.165) is 24.7 Å². The molecule has 0 radical (unpaired) electrons. The number of carbonyl (C=O) groups is 2. The number of rotatable bonds is 7. The van der Waals surface area contributed by atoms with Gasteiger partial charge in [-0.3, -0.25) is 14.0 Å². The van der Waals surface area contributed by atoms with Crippen LogP contribution < -0.4 is 10.6 Å². The number of fused-ring (bicyclic) bond motifs is 1. The summed E-state index contributed by atoms with van der Waals surface area (Å²) in [5.41, 5.74) is 1.23. The Morgan fingerprint density at radius 2 is 1.83 bits per heavy atom.